The standard InChI is InChI=1S/C19H28N2O/c1-15-7-6-8-16(2)18(15)20-11-13-21(14-12-20)19(22)17-9-4-3-5-10-17/h6-8,17H,3-5,9-14H2,1-2H3. The number of carbonyl (C=O) groups excluding carboxylic acids is 1. The highest BCUT2D eigenvalue weighted by Gasteiger charge is 2.28. The Labute approximate surface area is 134 Å². The van der Waals surface area contributed by atoms with Crippen LogP contribution in [0.3, 0.4) is 0 Å². The van der Waals surface area contributed by atoms with Crippen molar-refractivity contribution < 1.29 is 4.79 Å². The summed E-state index contributed by atoms with van der Waals surface area (Å²) in [6, 6.07) is 6.49. The monoisotopic (exact) mass is 300 g/mol. The maximum Gasteiger partial charge on any atom is 0.225 e. The molecule has 22 heavy (non-hydrogen) atoms. The lowest BCUT2D eigenvalue weighted by Gasteiger charge is -2.39. The van der Waals surface area contributed by atoms with E-state index in [1.165, 1.54) is 36.1 Å². The molecule has 1 aromatic carbocycles. The molecule has 2 fully saturated rings. The molecule has 3 heteroatoms. The number of anilines is 1. The topological polar surface area (TPSA) is 23.6 Å². The molecule has 2 aliphatic rings. The summed E-state index contributed by atoms with van der Waals surface area (Å²) in [7, 11) is 0. The van der Waals surface area contributed by atoms with Crippen molar-refractivity contribution in [2.24, 2.45) is 5.92 Å². The Morgan fingerprint density at radius 3 is 2.14 bits per heavy atom. The third-order valence-corrected chi connectivity index (χ3v) is 5.30. The van der Waals surface area contributed by atoms with Crippen molar-refractivity contribution in [2.75, 3.05) is 31.1 Å². The fourth-order valence-electron chi connectivity index (χ4n) is 4.06. The van der Waals surface area contributed by atoms with Crippen LogP contribution in [0.2, 0.25) is 0 Å². The molecule has 0 spiro atoms. The zero-order chi connectivity index (χ0) is 15.5. The molecule has 1 heterocycles. The first-order valence-electron chi connectivity index (χ1n) is 8.77. The van der Waals surface area contributed by atoms with Gasteiger partial charge in [-0.3, -0.25) is 4.79 Å². The molecule has 3 rings (SSSR count). The van der Waals surface area contributed by atoms with Gasteiger partial charge in [-0.1, -0.05) is 37.5 Å². The van der Waals surface area contributed by atoms with E-state index < -0.39 is 0 Å². The molecule has 0 bridgehead atoms. The van der Waals surface area contributed by atoms with Crippen LogP contribution in [0, 0.1) is 19.8 Å². The summed E-state index contributed by atoms with van der Waals surface area (Å²) in [5.74, 6) is 0.723. The molecular weight excluding hydrogens is 272 g/mol. The lowest BCUT2D eigenvalue weighted by Crippen LogP contribution is -2.51. The van der Waals surface area contributed by atoms with E-state index in [0.717, 1.165) is 39.0 Å². The summed E-state index contributed by atoms with van der Waals surface area (Å²) >= 11 is 0. The minimum Gasteiger partial charge on any atom is -0.368 e. The number of amides is 1. The number of rotatable bonds is 2. The van der Waals surface area contributed by atoms with E-state index in [0.29, 0.717) is 11.8 Å². The maximum atomic E-state index is 12.6. The lowest BCUT2D eigenvalue weighted by molar-refractivity contribution is -0.136. The van der Waals surface area contributed by atoms with E-state index in [2.05, 4.69) is 41.8 Å². The smallest absolute Gasteiger partial charge is 0.225 e. The van der Waals surface area contributed by atoms with E-state index in [1.54, 1.807) is 0 Å². The molecule has 1 saturated heterocycles. The normalized spacial score (nSPS) is 20.3. The summed E-state index contributed by atoms with van der Waals surface area (Å²) in [5, 5.41) is 0. The Morgan fingerprint density at radius 1 is 0.955 bits per heavy atom. The second-order valence-electron chi connectivity index (χ2n) is 6.89. The van der Waals surface area contributed by atoms with Crippen LogP contribution >= 0.6 is 0 Å². The molecule has 3 nitrogen and oxygen atoms in total. The van der Waals surface area contributed by atoms with Gasteiger partial charge in [-0.15, -0.1) is 0 Å². The fourth-order valence-corrected chi connectivity index (χ4v) is 4.06. The van der Waals surface area contributed by atoms with Crippen LogP contribution in [0.25, 0.3) is 0 Å². The van der Waals surface area contributed by atoms with Crippen LogP contribution in [0.15, 0.2) is 18.2 Å². The van der Waals surface area contributed by atoms with E-state index >= 15 is 0 Å². The number of para-hydroxylation sites is 1. The van der Waals surface area contributed by atoms with Crippen molar-refractivity contribution in [3.8, 4) is 0 Å². The van der Waals surface area contributed by atoms with Crippen LogP contribution in [-0.2, 0) is 4.79 Å². The van der Waals surface area contributed by atoms with Gasteiger partial charge in [0.2, 0.25) is 5.91 Å². The number of aryl methyl sites for hydroxylation is 2. The number of benzene rings is 1. The molecule has 0 N–H and O–H groups in total. The van der Waals surface area contributed by atoms with Gasteiger partial charge in [0.15, 0.2) is 0 Å². The summed E-state index contributed by atoms with van der Waals surface area (Å²) in [4.78, 5) is 17.2. The van der Waals surface area contributed by atoms with Crippen molar-refractivity contribution in [2.45, 2.75) is 46.0 Å². The summed E-state index contributed by atoms with van der Waals surface area (Å²) in [5.41, 5.74) is 4.05. The first-order chi connectivity index (χ1) is 10.7. The van der Waals surface area contributed by atoms with Gasteiger partial charge in [0.05, 0.1) is 0 Å². The van der Waals surface area contributed by atoms with Gasteiger partial charge in [-0.2, -0.15) is 0 Å². The van der Waals surface area contributed by atoms with Gasteiger partial charge in [-0.25, -0.2) is 0 Å². The molecule has 1 saturated carbocycles. The number of hydrogen-bond donors (Lipinski definition) is 0. The average molecular weight is 300 g/mol. The second-order valence-corrected chi connectivity index (χ2v) is 6.89. The van der Waals surface area contributed by atoms with Crippen molar-refractivity contribution >= 4 is 11.6 Å². The maximum absolute atomic E-state index is 12.6. The van der Waals surface area contributed by atoms with Crippen LogP contribution in [-0.4, -0.2) is 37.0 Å². The molecule has 1 aliphatic carbocycles. The minimum absolute atomic E-state index is 0.306. The van der Waals surface area contributed by atoms with Gasteiger partial charge >= 0.3 is 0 Å². The second kappa shape index (κ2) is 6.72. The molecule has 120 valence electrons. The highest BCUT2D eigenvalue weighted by molar-refractivity contribution is 5.79. The quantitative estimate of drug-likeness (QED) is 0.834. The van der Waals surface area contributed by atoms with Gasteiger partial charge in [-0.05, 0) is 37.8 Å². The first kappa shape index (κ1) is 15.4. The Balaban J connectivity index is 1.61. The first-order valence-corrected chi connectivity index (χ1v) is 8.77. The van der Waals surface area contributed by atoms with Crippen molar-refractivity contribution in [3.63, 3.8) is 0 Å². The predicted molar refractivity (Wildman–Crippen MR) is 91.3 cm³/mol. The molecule has 1 amide bonds. The third-order valence-electron chi connectivity index (χ3n) is 5.30. The van der Waals surface area contributed by atoms with E-state index in [1.807, 2.05) is 0 Å². The van der Waals surface area contributed by atoms with E-state index in [9.17, 15) is 4.79 Å². The van der Waals surface area contributed by atoms with E-state index in [4.69, 9.17) is 0 Å². The van der Waals surface area contributed by atoms with E-state index in [-0.39, 0.29) is 0 Å². The van der Waals surface area contributed by atoms with Gasteiger partial charge < -0.3 is 9.80 Å². The minimum atomic E-state index is 0.306. The number of nitrogens with zero attached hydrogens (tertiary/aromatic N) is 2. The number of carbonyl (C=O) groups is 1. The van der Waals surface area contributed by atoms with Gasteiger partial charge in [0.25, 0.3) is 0 Å². The molecule has 0 aromatic heterocycles. The molecule has 0 radical (unpaired) electrons. The highest BCUT2D eigenvalue weighted by Crippen LogP contribution is 2.28. The largest absolute Gasteiger partial charge is 0.368 e. The van der Waals surface area contributed by atoms with Crippen LogP contribution in [0.4, 0.5) is 5.69 Å². The fraction of sp³-hybridized carbons (Fsp3) is 0.632. The molecule has 0 unspecified atom stereocenters. The number of piperazine rings is 1. The predicted octanol–water partition coefficient (Wildman–Crippen LogP) is 3.53. The SMILES string of the molecule is Cc1cccc(C)c1N1CCN(C(=O)C2CCCCC2)CC1. The lowest BCUT2D eigenvalue weighted by atomic mass is 9.88. The van der Waals surface area contributed by atoms with Crippen LogP contribution in [0.5, 0.6) is 0 Å². The Morgan fingerprint density at radius 2 is 1.55 bits per heavy atom. The molecule has 0 atom stereocenters. The average Bonchev–Trinajstić information content (AvgIpc) is 2.55. The van der Waals surface area contributed by atoms with Crippen molar-refractivity contribution in [1.82, 2.24) is 4.90 Å². The zero-order valence-electron chi connectivity index (χ0n) is 14.0. The van der Waals surface area contributed by atoms with Crippen LogP contribution < -0.4 is 4.90 Å². The summed E-state index contributed by atoms with van der Waals surface area (Å²) < 4.78 is 0. The summed E-state index contributed by atoms with van der Waals surface area (Å²) in [6.45, 7) is 8.05. The number of hydrogen-bond acceptors (Lipinski definition) is 2. The highest BCUT2D eigenvalue weighted by atomic mass is 16.2. The van der Waals surface area contributed by atoms with Crippen LogP contribution in [0.1, 0.15) is 43.2 Å². The Bertz CT molecular complexity index is 506. The third kappa shape index (κ3) is 3.13. The Kier molecular flexibility index (Phi) is 4.70. The zero-order valence-corrected chi connectivity index (χ0v) is 14.0. The van der Waals surface area contributed by atoms with Gasteiger partial charge in [0.1, 0.15) is 0 Å². The Hall–Kier alpha value is -1.51. The molecule has 1 aromatic rings. The van der Waals surface area contributed by atoms with Crippen molar-refractivity contribution in [3.05, 3.63) is 29.3 Å². The van der Waals surface area contributed by atoms with Gasteiger partial charge in [0, 0.05) is 37.8 Å². The summed E-state index contributed by atoms with van der Waals surface area (Å²) in [6.07, 6.45) is 5.99. The van der Waals surface area contributed by atoms with Crippen molar-refractivity contribution in [1.29, 1.82) is 0 Å². The molecular formula is C19H28N2O. The molecule has 1 aliphatic heterocycles.